The summed E-state index contributed by atoms with van der Waals surface area (Å²) in [6.07, 6.45) is 1.59. The second kappa shape index (κ2) is 6.38. The Hall–Kier alpha value is -1.82. The van der Waals surface area contributed by atoms with Crippen molar-refractivity contribution in [2.75, 3.05) is 0 Å². The van der Waals surface area contributed by atoms with E-state index in [2.05, 4.69) is 11.1 Å². The summed E-state index contributed by atoms with van der Waals surface area (Å²) in [5.41, 5.74) is 1.50. The Balaban J connectivity index is 2.23. The first-order chi connectivity index (χ1) is 9.20. The van der Waals surface area contributed by atoms with Crippen molar-refractivity contribution in [1.29, 1.82) is 5.26 Å². The maximum absolute atomic E-state index is 9.19. The summed E-state index contributed by atoms with van der Waals surface area (Å²) >= 11 is 11.8. The van der Waals surface area contributed by atoms with Crippen molar-refractivity contribution in [1.82, 2.24) is 0 Å². The zero-order valence-corrected chi connectivity index (χ0v) is 11.4. The van der Waals surface area contributed by atoms with Crippen molar-refractivity contribution in [2.24, 2.45) is 4.99 Å². The molecule has 2 rings (SSSR count). The number of nitrogens with zero attached hydrogens (tertiary/aromatic N) is 2. The molecule has 0 bridgehead atoms. The van der Waals surface area contributed by atoms with Crippen LogP contribution in [0.5, 0.6) is 0 Å². The van der Waals surface area contributed by atoms with E-state index < -0.39 is 5.92 Å². The minimum Gasteiger partial charge on any atom is -0.258 e. The van der Waals surface area contributed by atoms with Crippen LogP contribution in [0.3, 0.4) is 0 Å². The fraction of sp³-hybridized carbons (Fsp3) is 0.0667. The second-order valence-corrected chi connectivity index (χ2v) is 4.73. The van der Waals surface area contributed by atoms with E-state index in [0.717, 1.165) is 5.56 Å². The zero-order valence-electron chi connectivity index (χ0n) is 9.92. The van der Waals surface area contributed by atoms with Crippen LogP contribution in [0, 0.1) is 11.3 Å². The van der Waals surface area contributed by atoms with Gasteiger partial charge in [-0.25, -0.2) is 0 Å². The molecule has 0 amide bonds. The quantitative estimate of drug-likeness (QED) is 0.732. The summed E-state index contributed by atoms with van der Waals surface area (Å²) in [6, 6.07) is 16.6. The van der Waals surface area contributed by atoms with E-state index >= 15 is 0 Å². The smallest absolute Gasteiger partial charge is 0.106 e. The summed E-state index contributed by atoms with van der Waals surface area (Å²) in [5, 5.41) is 10.4. The Morgan fingerprint density at radius 3 is 2.37 bits per heavy atom. The van der Waals surface area contributed by atoms with E-state index in [4.69, 9.17) is 23.2 Å². The molecule has 0 saturated heterocycles. The van der Waals surface area contributed by atoms with Gasteiger partial charge in [-0.1, -0.05) is 47.5 Å². The van der Waals surface area contributed by atoms with Crippen LogP contribution < -0.4 is 0 Å². The van der Waals surface area contributed by atoms with Gasteiger partial charge in [0.05, 0.1) is 16.8 Å². The second-order valence-electron chi connectivity index (χ2n) is 3.89. The largest absolute Gasteiger partial charge is 0.258 e. The first-order valence-corrected chi connectivity index (χ1v) is 6.40. The lowest BCUT2D eigenvalue weighted by Crippen LogP contribution is -1.96. The van der Waals surface area contributed by atoms with Crippen molar-refractivity contribution in [3.05, 3.63) is 64.1 Å². The Morgan fingerprint density at radius 1 is 1.05 bits per heavy atom. The molecule has 4 heteroatoms. The molecule has 0 spiro atoms. The Morgan fingerprint density at radius 2 is 1.74 bits per heavy atom. The van der Waals surface area contributed by atoms with Gasteiger partial charge in [0.25, 0.3) is 0 Å². The number of nitriles is 1. The standard InChI is InChI=1S/C15H10Cl2N2/c16-13-7-5-11(6-8-13)12(9-18)10-19-15-4-2-1-3-14(15)17/h1-8,10,12H. The molecule has 0 aliphatic rings. The lowest BCUT2D eigenvalue weighted by Gasteiger charge is -2.04. The van der Waals surface area contributed by atoms with Crippen LogP contribution in [-0.4, -0.2) is 6.21 Å². The third-order valence-corrected chi connectivity index (χ3v) is 3.15. The van der Waals surface area contributed by atoms with Gasteiger partial charge >= 0.3 is 0 Å². The molecule has 1 atom stereocenters. The number of hydrogen-bond donors (Lipinski definition) is 0. The number of hydrogen-bond acceptors (Lipinski definition) is 2. The number of halogens is 2. The van der Waals surface area contributed by atoms with Gasteiger partial charge in [0.1, 0.15) is 5.92 Å². The minimum absolute atomic E-state index is 0.423. The van der Waals surface area contributed by atoms with E-state index in [-0.39, 0.29) is 0 Å². The summed E-state index contributed by atoms with van der Waals surface area (Å²) in [4.78, 5) is 4.26. The van der Waals surface area contributed by atoms with Crippen molar-refractivity contribution in [3.8, 4) is 6.07 Å². The van der Waals surface area contributed by atoms with Crippen molar-refractivity contribution in [2.45, 2.75) is 5.92 Å². The molecular weight excluding hydrogens is 279 g/mol. The molecule has 0 heterocycles. The molecule has 0 fully saturated rings. The lowest BCUT2D eigenvalue weighted by molar-refractivity contribution is 1.17. The van der Waals surface area contributed by atoms with Crippen molar-refractivity contribution in [3.63, 3.8) is 0 Å². The van der Waals surface area contributed by atoms with E-state index in [1.807, 2.05) is 24.3 Å². The number of aliphatic imine (C=N–C) groups is 1. The van der Waals surface area contributed by atoms with Gasteiger partial charge in [0, 0.05) is 11.2 Å². The normalized spacial score (nSPS) is 12.3. The maximum Gasteiger partial charge on any atom is 0.106 e. The molecule has 0 saturated carbocycles. The van der Waals surface area contributed by atoms with Crippen LogP contribution in [-0.2, 0) is 0 Å². The summed E-state index contributed by atoms with van der Waals surface area (Å²) in [6.45, 7) is 0. The summed E-state index contributed by atoms with van der Waals surface area (Å²) < 4.78 is 0. The van der Waals surface area contributed by atoms with Gasteiger partial charge in [0.2, 0.25) is 0 Å². The van der Waals surface area contributed by atoms with Crippen LogP contribution in [0.1, 0.15) is 11.5 Å². The maximum atomic E-state index is 9.19. The number of rotatable bonds is 3. The van der Waals surface area contributed by atoms with Gasteiger partial charge in [-0.3, -0.25) is 4.99 Å². The highest BCUT2D eigenvalue weighted by Gasteiger charge is 2.07. The average Bonchev–Trinajstić information content (AvgIpc) is 2.43. The van der Waals surface area contributed by atoms with E-state index in [0.29, 0.717) is 15.7 Å². The monoisotopic (exact) mass is 288 g/mol. The Kier molecular flexibility index (Phi) is 4.57. The zero-order chi connectivity index (χ0) is 13.7. The summed E-state index contributed by atoms with van der Waals surface area (Å²) in [5.74, 6) is -0.423. The van der Waals surface area contributed by atoms with Crippen LogP contribution >= 0.6 is 23.2 Å². The summed E-state index contributed by atoms with van der Waals surface area (Å²) in [7, 11) is 0. The molecule has 0 N–H and O–H groups in total. The Bertz CT molecular complexity index is 627. The predicted molar refractivity (Wildman–Crippen MR) is 79.4 cm³/mol. The Labute approximate surface area is 121 Å². The first-order valence-electron chi connectivity index (χ1n) is 5.64. The SMILES string of the molecule is N#CC(C=Nc1ccccc1Cl)c1ccc(Cl)cc1. The average molecular weight is 289 g/mol. The molecule has 0 aliphatic heterocycles. The van der Waals surface area contributed by atoms with Gasteiger partial charge in [-0.2, -0.15) is 5.26 Å². The topological polar surface area (TPSA) is 36.1 Å². The molecule has 2 aromatic rings. The first kappa shape index (κ1) is 13.6. The van der Waals surface area contributed by atoms with Crippen LogP contribution in [0.15, 0.2) is 53.5 Å². The van der Waals surface area contributed by atoms with Gasteiger partial charge < -0.3 is 0 Å². The molecule has 2 aromatic carbocycles. The highest BCUT2D eigenvalue weighted by molar-refractivity contribution is 6.33. The van der Waals surface area contributed by atoms with Crippen molar-refractivity contribution >= 4 is 35.1 Å². The predicted octanol–water partition coefficient (Wildman–Crippen LogP) is 5.00. The molecule has 0 aliphatic carbocycles. The fourth-order valence-electron chi connectivity index (χ4n) is 1.58. The van der Waals surface area contributed by atoms with Crippen LogP contribution in [0.25, 0.3) is 0 Å². The molecule has 94 valence electrons. The van der Waals surface area contributed by atoms with Crippen LogP contribution in [0.4, 0.5) is 5.69 Å². The fourth-order valence-corrected chi connectivity index (χ4v) is 1.89. The number of benzene rings is 2. The highest BCUT2D eigenvalue weighted by Crippen LogP contribution is 2.24. The van der Waals surface area contributed by atoms with E-state index in [1.54, 1.807) is 30.5 Å². The molecule has 1 unspecified atom stereocenters. The van der Waals surface area contributed by atoms with Gasteiger partial charge in [-0.05, 0) is 29.8 Å². The minimum atomic E-state index is -0.423. The van der Waals surface area contributed by atoms with Crippen LogP contribution in [0.2, 0.25) is 10.0 Å². The third-order valence-electron chi connectivity index (χ3n) is 2.58. The highest BCUT2D eigenvalue weighted by atomic mass is 35.5. The van der Waals surface area contributed by atoms with Gasteiger partial charge in [0.15, 0.2) is 0 Å². The molecular formula is C15H10Cl2N2. The van der Waals surface area contributed by atoms with E-state index in [1.165, 1.54) is 0 Å². The van der Waals surface area contributed by atoms with E-state index in [9.17, 15) is 5.26 Å². The van der Waals surface area contributed by atoms with Gasteiger partial charge in [-0.15, -0.1) is 0 Å². The number of para-hydroxylation sites is 1. The molecule has 0 radical (unpaired) electrons. The lowest BCUT2D eigenvalue weighted by atomic mass is 10.0. The molecule has 19 heavy (non-hydrogen) atoms. The molecule has 2 nitrogen and oxygen atoms in total. The third kappa shape index (κ3) is 3.57. The van der Waals surface area contributed by atoms with Crippen molar-refractivity contribution < 1.29 is 0 Å². The molecule has 0 aromatic heterocycles.